The molecule has 0 radical (unpaired) electrons. The van der Waals surface area contributed by atoms with E-state index in [-0.39, 0.29) is 4.90 Å². The molecule has 2 aromatic carbocycles. The molecule has 0 atom stereocenters. The van der Waals surface area contributed by atoms with E-state index in [4.69, 9.17) is 4.74 Å². The Kier molecular flexibility index (Phi) is 6.35. The molecule has 9 heteroatoms. The van der Waals surface area contributed by atoms with Gasteiger partial charge in [-0.3, -0.25) is 0 Å². The van der Waals surface area contributed by atoms with Crippen LogP contribution in [0.2, 0.25) is 0 Å². The van der Waals surface area contributed by atoms with E-state index in [0.29, 0.717) is 29.9 Å². The number of aryl methyl sites for hydroxylation is 1. The van der Waals surface area contributed by atoms with Crippen molar-refractivity contribution in [3.63, 3.8) is 0 Å². The Morgan fingerprint density at radius 3 is 2.58 bits per heavy atom. The normalized spacial score (nSPS) is 12.3. The van der Waals surface area contributed by atoms with Gasteiger partial charge in [-0.05, 0) is 48.9 Å². The van der Waals surface area contributed by atoms with Crippen molar-refractivity contribution in [2.45, 2.75) is 25.7 Å². The Morgan fingerprint density at radius 2 is 1.91 bits per heavy atom. The first-order valence-electron chi connectivity index (χ1n) is 10.7. The van der Waals surface area contributed by atoms with Crippen LogP contribution in [-0.2, 0) is 10.0 Å². The summed E-state index contributed by atoms with van der Waals surface area (Å²) in [5.74, 6) is 1.36. The third-order valence-electron chi connectivity index (χ3n) is 5.44. The van der Waals surface area contributed by atoms with E-state index in [1.807, 2.05) is 61.9 Å². The predicted molar refractivity (Wildman–Crippen MR) is 130 cm³/mol. The molecule has 0 aliphatic heterocycles. The maximum atomic E-state index is 12.8. The minimum atomic E-state index is -3.52. The highest BCUT2D eigenvalue weighted by Gasteiger charge is 2.22. The zero-order chi connectivity index (χ0) is 23.6. The standard InChI is InChI=1S/C24H27N5O3S/c1-5-29(6-2)33(30,31)19-9-10-20-21(14-19)27-24(26-20)12-8-18-7-11-22(23(13-18)32-4)28-15-17(3)25-16-28/h7-16H,5-6H2,1-4H3,(H,26,27)/b12-8+. The molecule has 2 heterocycles. The van der Waals surface area contributed by atoms with Gasteiger partial charge in [-0.1, -0.05) is 26.0 Å². The van der Waals surface area contributed by atoms with Gasteiger partial charge < -0.3 is 14.3 Å². The van der Waals surface area contributed by atoms with E-state index in [9.17, 15) is 8.42 Å². The van der Waals surface area contributed by atoms with E-state index < -0.39 is 10.0 Å². The molecule has 0 unspecified atom stereocenters. The van der Waals surface area contributed by atoms with Gasteiger partial charge in [0.2, 0.25) is 10.0 Å². The van der Waals surface area contributed by atoms with Crippen LogP contribution in [0.25, 0.3) is 28.9 Å². The molecular weight excluding hydrogens is 438 g/mol. The number of fused-ring (bicyclic) bond motifs is 1. The first-order chi connectivity index (χ1) is 15.8. The molecule has 0 fully saturated rings. The summed E-state index contributed by atoms with van der Waals surface area (Å²) in [6, 6.07) is 10.9. The molecule has 0 spiro atoms. The topological polar surface area (TPSA) is 93.1 Å². The number of sulfonamides is 1. The lowest BCUT2D eigenvalue weighted by Crippen LogP contribution is -2.30. The largest absolute Gasteiger partial charge is 0.495 e. The van der Waals surface area contributed by atoms with E-state index in [2.05, 4.69) is 15.0 Å². The van der Waals surface area contributed by atoms with Gasteiger partial charge >= 0.3 is 0 Å². The quantitative estimate of drug-likeness (QED) is 0.420. The van der Waals surface area contributed by atoms with Gasteiger partial charge in [0.05, 0.1) is 40.7 Å². The summed E-state index contributed by atoms with van der Waals surface area (Å²) in [7, 11) is -1.89. The highest BCUT2D eigenvalue weighted by atomic mass is 32.2. The minimum absolute atomic E-state index is 0.257. The van der Waals surface area contributed by atoms with Crippen molar-refractivity contribution in [2.75, 3.05) is 20.2 Å². The number of aromatic nitrogens is 4. The van der Waals surface area contributed by atoms with Crippen LogP contribution in [0.15, 0.2) is 53.8 Å². The van der Waals surface area contributed by atoms with Crippen LogP contribution in [0.3, 0.4) is 0 Å². The van der Waals surface area contributed by atoms with Crippen molar-refractivity contribution >= 4 is 33.2 Å². The van der Waals surface area contributed by atoms with Crippen molar-refractivity contribution in [1.29, 1.82) is 0 Å². The average Bonchev–Trinajstić information content (AvgIpc) is 3.43. The van der Waals surface area contributed by atoms with Gasteiger partial charge in [0, 0.05) is 19.3 Å². The number of rotatable bonds is 8. The van der Waals surface area contributed by atoms with Crippen molar-refractivity contribution < 1.29 is 13.2 Å². The van der Waals surface area contributed by atoms with Gasteiger partial charge in [0.15, 0.2) is 0 Å². The van der Waals surface area contributed by atoms with E-state index in [0.717, 1.165) is 22.7 Å². The number of methoxy groups -OCH3 is 1. The number of H-pyrrole nitrogens is 1. The van der Waals surface area contributed by atoms with Crippen LogP contribution in [0.1, 0.15) is 30.9 Å². The molecule has 1 N–H and O–H groups in total. The van der Waals surface area contributed by atoms with Crippen LogP contribution < -0.4 is 4.74 Å². The monoisotopic (exact) mass is 465 g/mol. The number of hydrogen-bond donors (Lipinski definition) is 1. The predicted octanol–water partition coefficient (Wildman–Crippen LogP) is 4.27. The van der Waals surface area contributed by atoms with E-state index >= 15 is 0 Å². The number of aromatic amines is 1. The smallest absolute Gasteiger partial charge is 0.243 e. The molecule has 4 rings (SSSR count). The third-order valence-corrected chi connectivity index (χ3v) is 7.49. The molecule has 0 saturated carbocycles. The fourth-order valence-electron chi connectivity index (χ4n) is 3.70. The summed E-state index contributed by atoms with van der Waals surface area (Å²) < 4.78 is 34.5. The second kappa shape index (κ2) is 9.21. The fourth-order valence-corrected chi connectivity index (χ4v) is 5.18. The lowest BCUT2D eigenvalue weighted by molar-refractivity contribution is 0.413. The van der Waals surface area contributed by atoms with Gasteiger partial charge in [-0.15, -0.1) is 0 Å². The Morgan fingerprint density at radius 1 is 1.12 bits per heavy atom. The van der Waals surface area contributed by atoms with Crippen molar-refractivity contribution in [1.82, 2.24) is 23.8 Å². The summed E-state index contributed by atoms with van der Waals surface area (Å²) >= 11 is 0. The summed E-state index contributed by atoms with van der Waals surface area (Å²) in [5, 5.41) is 0. The summed E-state index contributed by atoms with van der Waals surface area (Å²) in [6.07, 6.45) is 7.48. The molecule has 0 aliphatic carbocycles. The van der Waals surface area contributed by atoms with Crippen LogP contribution >= 0.6 is 0 Å². The van der Waals surface area contributed by atoms with Gasteiger partial charge in [0.25, 0.3) is 0 Å². The molecule has 0 aliphatic rings. The molecule has 0 amide bonds. The Bertz CT molecular complexity index is 1420. The molecule has 0 saturated heterocycles. The van der Waals surface area contributed by atoms with Gasteiger partial charge in [-0.2, -0.15) is 4.31 Å². The summed E-state index contributed by atoms with van der Waals surface area (Å²) in [6.45, 7) is 6.45. The maximum absolute atomic E-state index is 12.8. The molecular formula is C24H27N5O3S. The molecule has 8 nitrogen and oxygen atoms in total. The molecule has 0 bridgehead atoms. The van der Waals surface area contributed by atoms with Crippen molar-refractivity contribution in [3.8, 4) is 11.4 Å². The number of imidazole rings is 2. The first-order valence-corrected chi connectivity index (χ1v) is 12.2. The van der Waals surface area contributed by atoms with Crippen molar-refractivity contribution in [3.05, 3.63) is 66.0 Å². The van der Waals surface area contributed by atoms with Crippen LogP contribution in [0, 0.1) is 6.92 Å². The zero-order valence-corrected chi connectivity index (χ0v) is 19.9. The Balaban J connectivity index is 1.61. The second-order valence-corrected chi connectivity index (χ2v) is 9.52. The van der Waals surface area contributed by atoms with E-state index in [1.165, 1.54) is 4.31 Å². The van der Waals surface area contributed by atoms with Gasteiger partial charge in [0.1, 0.15) is 11.6 Å². The number of nitrogens with one attached hydrogen (secondary N) is 1. The third kappa shape index (κ3) is 4.55. The zero-order valence-electron chi connectivity index (χ0n) is 19.1. The molecule has 2 aromatic heterocycles. The summed E-state index contributed by atoms with van der Waals surface area (Å²) in [5.41, 5.74) is 4.15. The molecule has 33 heavy (non-hydrogen) atoms. The average molecular weight is 466 g/mol. The van der Waals surface area contributed by atoms with Crippen LogP contribution in [0.5, 0.6) is 5.75 Å². The SMILES string of the molecule is CCN(CC)S(=O)(=O)c1ccc2nc(/C=C/c3ccc(-n4cnc(C)c4)c(OC)c3)[nH]c2c1. The number of hydrogen-bond acceptors (Lipinski definition) is 5. The highest BCUT2D eigenvalue weighted by Crippen LogP contribution is 2.26. The fraction of sp³-hybridized carbons (Fsp3) is 0.250. The number of ether oxygens (including phenoxy) is 1. The van der Waals surface area contributed by atoms with Gasteiger partial charge in [-0.25, -0.2) is 18.4 Å². The first kappa shape index (κ1) is 22.8. The minimum Gasteiger partial charge on any atom is -0.495 e. The van der Waals surface area contributed by atoms with Crippen LogP contribution in [0.4, 0.5) is 0 Å². The lowest BCUT2D eigenvalue weighted by atomic mass is 10.1. The number of benzene rings is 2. The lowest BCUT2D eigenvalue weighted by Gasteiger charge is -2.18. The number of nitrogens with zero attached hydrogens (tertiary/aromatic N) is 4. The molecule has 4 aromatic rings. The second-order valence-electron chi connectivity index (χ2n) is 7.58. The molecule has 172 valence electrons. The maximum Gasteiger partial charge on any atom is 0.243 e. The Hall–Kier alpha value is -3.43. The highest BCUT2D eigenvalue weighted by molar-refractivity contribution is 7.89. The van der Waals surface area contributed by atoms with Crippen molar-refractivity contribution in [2.24, 2.45) is 0 Å². The van der Waals surface area contributed by atoms with E-state index in [1.54, 1.807) is 31.6 Å². The van der Waals surface area contributed by atoms with Crippen LogP contribution in [-0.4, -0.2) is 52.4 Å². The Labute approximate surface area is 193 Å². The summed E-state index contributed by atoms with van der Waals surface area (Å²) in [4.78, 5) is 12.3.